The molecule has 3 heteroatoms. The van der Waals surface area contributed by atoms with E-state index >= 15 is 0 Å². The first-order valence-electron chi connectivity index (χ1n) is 5.31. The zero-order valence-corrected chi connectivity index (χ0v) is 14.7. The van der Waals surface area contributed by atoms with Crippen molar-refractivity contribution in [3.63, 3.8) is 0 Å². The Balaban J connectivity index is 2.60. The molecule has 79 valence electrons. The van der Waals surface area contributed by atoms with Gasteiger partial charge in [0.05, 0.1) is 0 Å². The van der Waals surface area contributed by atoms with Crippen molar-refractivity contribution in [1.82, 2.24) is 0 Å². The molecule has 0 radical (unpaired) electrons. The quantitative estimate of drug-likeness (QED) is 0.750. The first-order valence-corrected chi connectivity index (χ1v) is 8.48. The summed E-state index contributed by atoms with van der Waals surface area (Å²) in [5.41, 5.74) is 1.38. The third kappa shape index (κ3) is 4.21. The van der Waals surface area contributed by atoms with Gasteiger partial charge in [0, 0.05) is 0 Å². The number of rotatable bonds is 6. The van der Waals surface area contributed by atoms with Gasteiger partial charge in [-0.25, -0.2) is 0 Å². The molecule has 1 rings (SSSR count). The molecule has 1 aromatic carbocycles. The number of aliphatic hydroxyl groups excluding tert-OH is 1. The Bertz CT molecular complexity index is 264. The second-order valence-corrected chi connectivity index (χ2v) is 7.08. The maximum absolute atomic E-state index is 8.82. The van der Waals surface area contributed by atoms with Crippen molar-refractivity contribution in [3.8, 4) is 0 Å². The van der Waals surface area contributed by atoms with Gasteiger partial charge < -0.3 is 0 Å². The number of methoxy groups -OCH3 is 1. The summed E-state index contributed by atoms with van der Waals surface area (Å²) in [5.74, 6) is 0. The van der Waals surface area contributed by atoms with Gasteiger partial charge in [0.2, 0.25) is 0 Å². The molecule has 0 heterocycles. The van der Waals surface area contributed by atoms with Crippen LogP contribution in [0.1, 0.15) is 21.8 Å². The molecule has 15 heavy (non-hydrogen) atoms. The van der Waals surface area contributed by atoms with Crippen LogP contribution in [0.5, 0.6) is 0 Å². The van der Waals surface area contributed by atoms with E-state index in [2.05, 4.69) is 24.3 Å². The second-order valence-electron chi connectivity index (χ2n) is 3.66. The molecule has 0 aliphatic heterocycles. The summed E-state index contributed by atoms with van der Waals surface area (Å²) in [7, 11) is 1.77. The van der Waals surface area contributed by atoms with Crippen LogP contribution in [0, 0.1) is 0 Å². The summed E-state index contributed by atoms with van der Waals surface area (Å²) in [6, 6.07) is 10.5. The van der Waals surface area contributed by atoms with Crippen molar-refractivity contribution in [2.75, 3.05) is 13.7 Å². The number of aliphatic hydroxyl groups is 1. The van der Waals surface area contributed by atoms with Crippen LogP contribution in [0.4, 0.5) is 0 Å². The van der Waals surface area contributed by atoms with Gasteiger partial charge in [-0.15, -0.1) is 0 Å². The zero-order chi connectivity index (χ0) is 11.1. The molecule has 2 atom stereocenters. The van der Waals surface area contributed by atoms with Crippen LogP contribution >= 0.6 is 0 Å². The van der Waals surface area contributed by atoms with Crippen LogP contribution in [0.3, 0.4) is 0 Å². The fourth-order valence-electron chi connectivity index (χ4n) is 1.69. The summed E-state index contributed by atoms with van der Waals surface area (Å²) in [4.78, 5) is 0. The van der Waals surface area contributed by atoms with Gasteiger partial charge in [-0.05, 0) is 0 Å². The molecule has 1 N–H and O–H groups in total. The first-order chi connectivity index (χ1) is 7.29. The molecular weight excluding hydrogens is 377 g/mol. The van der Waals surface area contributed by atoms with Crippen molar-refractivity contribution < 1.29 is 36.0 Å². The second kappa shape index (κ2) is 7.37. The van der Waals surface area contributed by atoms with Gasteiger partial charge in [-0.1, -0.05) is 0 Å². The van der Waals surface area contributed by atoms with E-state index in [1.165, 1.54) is 5.56 Å². The fraction of sp³-hybridized carbons (Fsp3) is 0.500. The normalized spacial score (nSPS) is 14.9. The van der Waals surface area contributed by atoms with Crippen molar-refractivity contribution >= 4 is 0 Å². The van der Waals surface area contributed by atoms with Crippen LogP contribution < -0.4 is 0 Å². The van der Waals surface area contributed by atoms with Crippen LogP contribution in [0.2, 0.25) is 0 Å². The Kier molecular flexibility index (Phi) is 6.45. The Morgan fingerprint density at radius 3 is 2.53 bits per heavy atom. The fourth-order valence-corrected chi connectivity index (χ4v) is 4.41. The van der Waals surface area contributed by atoms with Gasteiger partial charge in [0.1, 0.15) is 0 Å². The average Bonchev–Trinajstić information content (AvgIpc) is 2.31. The minimum atomic E-state index is 0.259. The Morgan fingerprint density at radius 1 is 1.33 bits per heavy atom. The summed E-state index contributed by atoms with van der Waals surface area (Å²) in [6.07, 6.45) is 2.07. The number of ether oxygens (including phenoxy) is 1. The summed E-state index contributed by atoms with van der Waals surface area (Å²) < 4.78 is 6.08. The van der Waals surface area contributed by atoms with Crippen LogP contribution in [-0.4, -0.2) is 24.9 Å². The van der Waals surface area contributed by atoms with E-state index in [0.717, 1.165) is 12.8 Å². The van der Waals surface area contributed by atoms with E-state index < -0.39 is 0 Å². The van der Waals surface area contributed by atoms with Crippen LogP contribution in [0.15, 0.2) is 30.3 Å². The van der Waals surface area contributed by atoms with E-state index in [9.17, 15) is 0 Å². The van der Waals surface area contributed by atoms with Crippen LogP contribution in [0.25, 0.3) is 0 Å². The minimum absolute atomic E-state index is 0.259. The molecule has 0 aliphatic carbocycles. The maximum atomic E-state index is 8.82. The van der Waals surface area contributed by atoms with Gasteiger partial charge in [-0.3, -0.25) is 0 Å². The Labute approximate surface area is 108 Å². The van der Waals surface area contributed by atoms with Gasteiger partial charge in [0.25, 0.3) is 0 Å². The molecular formula is C12H17HgO2. The summed E-state index contributed by atoms with van der Waals surface area (Å²) in [5, 5.41) is 8.82. The topological polar surface area (TPSA) is 29.5 Å². The van der Waals surface area contributed by atoms with E-state index in [1.807, 2.05) is 6.07 Å². The molecule has 0 fully saturated rings. The molecule has 0 amide bonds. The van der Waals surface area contributed by atoms with Gasteiger partial charge in [0.15, 0.2) is 0 Å². The molecule has 2 nitrogen and oxygen atoms in total. The molecule has 0 saturated heterocycles. The third-order valence-electron chi connectivity index (χ3n) is 2.63. The average molecular weight is 394 g/mol. The van der Waals surface area contributed by atoms with Gasteiger partial charge >= 0.3 is 108 Å². The summed E-state index contributed by atoms with van der Waals surface area (Å²) in [6.45, 7) is 0.259. The summed E-state index contributed by atoms with van der Waals surface area (Å²) >= 11 is 0.645. The van der Waals surface area contributed by atoms with Gasteiger partial charge in [-0.2, -0.15) is 0 Å². The van der Waals surface area contributed by atoms with Crippen molar-refractivity contribution in [1.29, 1.82) is 0 Å². The number of hydrogen-bond donors (Lipinski definition) is 1. The molecule has 0 aromatic heterocycles. The monoisotopic (exact) mass is 395 g/mol. The third-order valence-corrected chi connectivity index (χ3v) is 6.50. The predicted molar refractivity (Wildman–Crippen MR) is 56.3 cm³/mol. The number of hydrogen-bond acceptors (Lipinski definition) is 2. The van der Waals surface area contributed by atoms with E-state index in [-0.39, 0.29) is 12.7 Å². The Morgan fingerprint density at radius 2 is 2.00 bits per heavy atom. The molecule has 1 aromatic rings. The molecule has 0 bridgehead atoms. The van der Waals surface area contributed by atoms with E-state index in [4.69, 9.17) is 9.84 Å². The van der Waals surface area contributed by atoms with E-state index in [0.29, 0.717) is 29.5 Å². The number of benzene rings is 1. The van der Waals surface area contributed by atoms with E-state index in [1.54, 1.807) is 7.11 Å². The van der Waals surface area contributed by atoms with Crippen molar-refractivity contribution in [2.45, 2.75) is 22.4 Å². The zero-order valence-electron chi connectivity index (χ0n) is 9.23. The Hall–Kier alpha value is 0.0751. The first kappa shape index (κ1) is 13.1. The van der Waals surface area contributed by atoms with Crippen LogP contribution in [-0.2, 0) is 30.9 Å². The molecule has 0 aliphatic rings. The van der Waals surface area contributed by atoms with Crippen molar-refractivity contribution in [3.05, 3.63) is 35.9 Å². The van der Waals surface area contributed by atoms with Crippen molar-refractivity contribution in [2.24, 2.45) is 0 Å². The standard InChI is InChI=1S/C12H17O2.Hg/c1-14-12(8-5-9-13)10-11-6-3-2-4-7-11;/h2-4,6-7,10,12-13H,5,8-9H2,1H3;. The SMILES string of the molecule is COC(CCCO)[CH]([Hg])c1ccccc1. The molecule has 0 saturated carbocycles. The molecule has 0 spiro atoms. The molecule has 2 unspecified atom stereocenters. The predicted octanol–water partition coefficient (Wildman–Crippen LogP) is 2.06.